The highest BCUT2D eigenvalue weighted by atomic mass is 16.7. The number of quaternary nitrogens is 1. The number of allylic oxidation sites excluding steroid dienone is 8. The molecule has 0 aliphatic rings. The van der Waals surface area contributed by atoms with Crippen LogP contribution in [-0.2, 0) is 33.3 Å². The standard InChI is InChI=1S/C55H99NO8/c1-6-8-10-12-14-16-18-20-22-23-24-25-26-27-28-29-30-32-33-35-37-39-41-43-45-52(57)62-49-51(50-63-55(54(59)60)61-48-47-56(3,4)5)64-53(58)46-44-42-40-38-36-34-31-21-19-17-15-13-11-9-7-2/h9,11,15,17,21,31,36,38,51,55H,6-8,10,12-14,16,18-20,22-30,32-35,37,39-50H2,1-5H3/p+1/b11-9-,17-15-,31-21-,38-36-. The summed E-state index contributed by atoms with van der Waals surface area (Å²) < 4.78 is 22.8. The molecule has 1 N–H and O–H groups in total. The average molecular weight is 903 g/mol. The van der Waals surface area contributed by atoms with Crippen LogP contribution < -0.4 is 0 Å². The molecule has 0 aliphatic heterocycles. The maximum Gasteiger partial charge on any atom is 0.361 e. The van der Waals surface area contributed by atoms with Gasteiger partial charge in [0.05, 0.1) is 34.4 Å². The fraction of sp³-hybridized carbons (Fsp3) is 0.800. The van der Waals surface area contributed by atoms with Gasteiger partial charge < -0.3 is 28.5 Å². The summed E-state index contributed by atoms with van der Waals surface area (Å²) >= 11 is 0. The van der Waals surface area contributed by atoms with E-state index < -0.39 is 24.3 Å². The Balaban J connectivity index is 4.27. The van der Waals surface area contributed by atoms with Crippen LogP contribution >= 0.6 is 0 Å². The van der Waals surface area contributed by atoms with E-state index in [4.69, 9.17) is 18.9 Å². The average Bonchev–Trinajstić information content (AvgIpc) is 3.26. The molecule has 64 heavy (non-hydrogen) atoms. The Bertz CT molecular complexity index is 1190. The van der Waals surface area contributed by atoms with Crippen molar-refractivity contribution in [2.45, 2.75) is 238 Å². The van der Waals surface area contributed by atoms with Gasteiger partial charge in [-0.3, -0.25) is 9.59 Å². The summed E-state index contributed by atoms with van der Waals surface area (Å²) in [6.07, 6.45) is 53.4. The maximum absolute atomic E-state index is 12.8. The lowest BCUT2D eigenvalue weighted by Crippen LogP contribution is -2.40. The third-order valence-corrected chi connectivity index (χ3v) is 11.3. The number of esters is 2. The molecule has 0 aliphatic carbocycles. The lowest BCUT2D eigenvalue weighted by Gasteiger charge is -2.25. The molecule has 0 saturated carbocycles. The molecule has 0 bridgehead atoms. The smallest absolute Gasteiger partial charge is 0.361 e. The van der Waals surface area contributed by atoms with E-state index in [0.717, 1.165) is 57.8 Å². The molecule has 0 fully saturated rings. The third kappa shape index (κ3) is 47.2. The van der Waals surface area contributed by atoms with Crippen molar-refractivity contribution >= 4 is 17.9 Å². The predicted molar refractivity (Wildman–Crippen MR) is 267 cm³/mol. The minimum Gasteiger partial charge on any atom is -0.477 e. The summed E-state index contributed by atoms with van der Waals surface area (Å²) in [5.74, 6) is -2.06. The van der Waals surface area contributed by atoms with Crippen LogP contribution in [-0.4, -0.2) is 87.4 Å². The van der Waals surface area contributed by atoms with Gasteiger partial charge in [0.25, 0.3) is 6.29 Å². The van der Waals surface area contributed by atoms with Gasteiger partial charge in [-0.25, -0.2) is 4.79 Å². The first kappa shape index (κ1) is 61.2. The molecule has 9 heteroatoms. The Kier molecular flexibility index (Phi) is 44.8. The van der Waals surface area contributed by atoms with Crippen molar-refractivity contribution in [1.29, 1.82) is 0 Å². The molecule has 2 unspecified atom stereocenters. The highest BCUT2D eigenvalue weighted by molar-refractivity contribution is 5.71. The zero-order valence-electron chi connectivity index (χ0n) is 42.2. The number of carboxylic acid groups (broad SMARTS) is 1. The van der Waals surface area contributed by atoms with Crippen LogP contribution in [0.1, 0.15) is 226 Å². The first-order chi connectivity index (χ1) is 31.1. The van der Waals surface area contributed by atoms with Gasteiger partial charge in [-0.1, -0.05) is 210 Å². The number of hydrogen-bond donors (Lipinski definition) is 1. The van der Waals surface area contributed by atoms with E-state index in [0.29, 0.717) is 23.9 Å². The van der Waals surface area contributed by atoms with Gasteiger partial charge in [-0.05, 0) is 51.4 Å². The number of hydrogen-bond acceptors (Lipinski definition) is 7. The number of carboxylic acids is 1. The fourth-order valence-corrected chi connectivity index (χ4v) is 7.30. The second-order valence-corrected chi connectivity index (χ2v) is 18.8. The molecule has 0 radical (unpaired) electrons. The zero-order valence-corrected chi connectivity index (χ0v) is 42.2. The van der Waals surface area contributed by atoms with Crippen molar-refractivity contribution < 1.29 is 42.9 Å². The second kappa shape index (κ2) is 46.8. The van der Waals surface area contributed by atoms with E-state index in [-0.39, 0.29) is 32.2 Å². The van der Waals surface area contributed by atoms with Gasteiger partial charge in [-0.2, -0.15) is 0 Å². The number of aliphatic carboxylic acids is 1. The summed E-state index contributed by atoms with van der Waals surface area (Å²) in [6, 6.07) is 0. The SMILES string of the molecule is CC/C=C\C/C=C\C/C=C\C/C=C\CCCCC(=O)OC(COC(=O)CCCCCCCCCCCCCCCCCCCCCCCCCC)COC(OCC[N+](C)(C)C)C(=O)O. The van der Waals surface area contributed by atoms with E-state index in [1.807, 2.05) is 21.1 Å². The Morgan fingerprint density at radius 1 is 0.484 bits per heavy atom. The van der Waals surface area contributed by atoms with E-state index in [2.05, 4.69) is 62.5 Å². The molecule has 0 spiro atoms. The Labute approximate surface area is 393 Å². The van der Waals surface area contributed by atoms with Crippen molar-refractivity contribution in [3.8, 4) is 0 Å². The molecule has 2 atom stereocenters. The molecule has 0 aromatic carbocycles. The first-order valence-electron chi connectivity index (χ1n) is 26.3. The number of likely N-dealkylation sites (N-methyl/N-ethyl adjacent to an activating group) is 1. The normalized spacial score (nSPS) is 13.2. The monoisotopic (exact) mass is 903 g/mol. The first-order valence-corrected chi connectivity index (χ1v) is 26.3. The Hall–Kier alpha value is -2.75. The van der Waals surface area contributed by atoms with E-state index in [1.165, 1.54) is 135 Å². The van der Waals surface area contributed by atoms with E-state index in [9.17, 15) is 19.5 Å². The number of rotatable bonds is 48. The summed E-state index contributed by atoms with van der Waals surface area (Å²) in [6.45, 7) is 4.73. The largest absolute Gasteiger partial charge is 0.477 e. The highest BCUT2D eigenvalue weighted by Gasteiger charge is 2.25. The van der Waals surface area contributed by atoms with Crippen LogP contribution in [0.3, 0.4) is 0 Å². The van der Waals surface area contributed by atoms with E-state index >= 15 is 0 Å². The molecule has 0 aromatic heterocycles. The molecule has 0 rings (SSSR count). The Morgan fingerprint density at radius 3 is 1.33 bits per heavy atom. The van der Waals surface area contributed by atoms with E-state index in [1.54, 1.807) is 0 Å². The lowest BCUT2D eigenvalue weighted by molar-refractivity contribution is -0.870. The summed E-state index contributed by atoms with van der Waals surface area (Å²) in [5, 5.41) is 9.66. The van der Waals surface area contributed by atoms with Crippen LogP contribution in [0.15, 0.2) is 48.6 Å². The predicted octanol–water partition coefficient (Wildman–Crippen LogP) is 14.7. The third-order valence-electron chi connectivity index (χ3n) is 11.3. The van der Waals surface area contributed by atoms with Crippen LogP contribution in [0.25, 0.3) is 0 Å². The highest BCUT2D eigenvalue weighted by Crippen LogP contribution is 2.16. The summed E-state index contributed by atoms with van der Waals surface area (Å²) in [7, 11) is 5.95. The fourth-order valence-electron chi connectivity index (χ4n) is 7.30. The second-order valence-electron chi connectivity index (χ2n) is 18.8. The van der Waals surface area contributed by atoms with Gasteiger partial charge in [0, 0.05) is 12.8 Å². The molecule has 9 nitrogen and oxygen atoms in total. The molecule has 0 amide bonds. The number of nitrogens with zero attached hydrogens (tertiary/aromatic N) is 1. The minimum atomic E-state index is -1.52. The van der Waals surface area contributed by atoms with Crippen molar-refractivity contribution in [1.82, 2.24) is 0 Å². The molecular formula is C55H100NO8+. The van der Waals surface area contributed by atoms with Crippen LogP contribution in [0.2, 0.25) is 0 Å². The molecular weight excluding hydrogens is 803 g/mol. The van der Waals surface area contributed by atoms with Gasteiger partial charge in [0.2, 0.25) is 0 Å². The summed E-state index contributed by atoms with van der Waals surface area (Å²) in [5.41, 5.74) is 0. The molecule has 0 aromatic rings. The van der Waals surface area contributed by atoms with Gasteiger partial charge in [0.15, 0.2) is 6.10 Å². The van der Waals surface area contributed by atoms with Gasteiger partial charge in [-0.15, -0.1) is 0 Å². The zero-order chi connectivity index (χ0) is 47.0. The quantitative estimate of drug-likeness (QED) is 0.0211. The van der Waals surface area contributed by atoms with Crippen molar-refractivity contribution in [2.75, 3.05) is 47.5 Å². The summed E-state index contributed by atoms with van der Waals surface area (Å²) in [4.78, 5) is 37.2. The number of carbonyl (C=O) groups excluding carboxylic acids is 2. The van der Waals surface area contributed by atoms with Gasteiger partial charge in [0.1, 0.15) is 13.2 Å². The topological polar surface area (TPSA) is 108 Å². The number of unbranched alkanes of at least 4 members (excludes halogenated alkanes) is 25. The molecule has 0 saturated heterocycles. The van der Waals surface area contributed by atoms with Crippen molar-refractivity contribution in [2.24, 2.45) is 0 Å². The van der Waals surface area contributed by atoms with Gasteiger partial charge >= 0.3 is 17.9 Å². The van der Waals surface area contributed by atoms with Crippen molar-refractivity contribution in [3.63, 3.8) is 0 Å². The number of ether oxygens (including phenoxy) is 4. The maximum atomic E-state index is 12.8. The lowest BCUT2D eigenvalue weighted by atomic mass is 10.0. The van der Waals surface area contributed by atoms with Crippen LogP contribution in [0.5, 0.6) is 0 Å². The Morgan fingerprint density at radius 2 is 0.891 bits per heavy atom. The van der Waals surface area contributed by atoms with Crippen molar-refractivity contribution in [3.05, 3.63) is 48.6 Å². The molecule has 0 heterocycles. The number of carbonyl (C=O) groups is 3. The van der Waals surface area contributed by atoms with Crippen LogP contribution in [0.4, 0.5) is 0 Å². The van der Waals surface area contributed by atoms with Crippen LogP contribution in [0, 0.1) is 0 Å². The minimum absolute atomic E-state index is 0.179. The molecule has 372 valence electrons.